The van der Waals surface area contributed by atoms with E-state index >= 15 is 0 Å². The molecule has 0 aliphatic carbocycles. The van der Waals surface area contributed by atoms with Gasteiger partial charge in [0.15, 0.2) is 0 Å². The maximum absolute atomic E-state index is 6.99. The number of nitrogens with zero attached hydrogens (tertiary/aromatic N) is 3. The van der Waals surface area contributed by atoms with Crippen LogP contribution in [0.2, 0.25) is 0 Å². The largest absolute Gasteiger partial charge is 0.457 e. The topological polar surface area (TPSA) is 32.1 Å². The number of para-hydroxylation sites is 5. The summed E-state index contributed by atoms with van der Waals surface area (Å²) in [5.74, 6) is 1.57. The summed E-state index contributed by atoms with van der Waals surface area (Å²) in [6.07, 6.45) is 14.2. The first-order chi connectivity index (χ1) is 39.7. The van der Waals surface area contributed by atoms with E-state index in [0.29, 0.717) is 0 Å². The van der Waals surface area contributed by atoms with Gasteiger partial charge in [0.1, 0.15) is 22.7 Å². The van der Waals surface area contributed by atoms with Crippen LogP contribution in [-0.4, -0.2) is 0 Å². The zero-order valence-electron chi connectivity index (χ0n) is 45.9. The highest BCUT2D eigenvalue weighted by Crippen LogP contribution is 2.50. The van der Waals surface area contributed by atoms with Gasteiger partial charge in [-0.05, 0) is 114 Å². The minimum atomic E-state index is -0.0255. The third-order valence-electron chi connectivity index (χ3n) is 14.6. The van der Waals surface area contributed by atoms with Crippen LogP contribution in [0.3, 0.4) is 0 Å². The molecule has 0 unspecified atom stereocenters. The minimum absolute atomic E-state index is 0.0255. The van der Waals surface area contributed by atoms with E-state index < -0.39 is 0 Å². The Balaban J connectivity index is 1.13. The summed E-state index contributed by atoms with van der Waals surface area (Å²) in [5, 5.41) is 4.32. The van der Waals surface area contributed by atoms with Crippen LogP contribution in [0.1, 0.15) is 38.8 Å². The van der Waals surface area contributed by atoms with Gasteiger partial charge >= 0.3 is 0 Å². The SMILES string of the molecule is C=C/C=C/C=C/C=C\C(=C(/C)N(c1cccc(N(c2ccccc2)c2cc(Oc3ccccc3)c3c(c2)sc2ccccc23)c1)c1cc(N(c2ccccc2)c2ccccc2)c2c(c1)oc1ccccc12)c1ccc(C(C)(C)C)cc1. The van der Waals surface area contributed by atoms with E-state index in [0.717, 1.165) is 106 Å². The van der Waals surface area contributed by atoms with Crippen LogP contribution in [0, 0.1) is 0 Å². The van der Waals surface area contributed by atoms with Crippen molar-refractivity contribution < 1.29 is 9.15 Å². The number of rotatable bonds is 16. The first kappa shape index (κ1) is 51.9. The van der Waals surface area contributed by atoms with Crippen molar-refractivity contribution in [3.8, 4) is 11.5 Å². The molecule has 0 fully saturated rings. The molecule has 2 heterocycles. The predicted molar refractivity (Wildman–Crippen MR) is 346 cm³/mol. The van der Waals surface area contributed by atoms with Crippen LogP contribution in [0.15, 0.2) is 302 Å². The van der Waals surface area contributed by atoms with Crippen LogP contribution < -0.4 is 19.4 Å². The van der Waals surface area contributed by atoms with Crippen molar-refractivity contribution in [2.45, 2.75) is 33.1 Å². The average molecular weight is 1070 g/mol. The number of anilines is 8. The lowest BCUT2D eigenvalue weighted by Gasteiger charge is -2.32. The molecule has 5 nitrogen and oxygen atoms in total. The molecule has 0 radical (unpaired) electrons. The van der Waals surface area contributed by atoms with Crippen molar-refractivity contribution in [3.63, 3.8) is 0 Å². The van der Waals surface area contributed by atoms with Crippen LogP contribution in [0.25, 0.3) is 47.7 Å². The lowest BCUT2D eigenvalue weighted by molar-refractivity contribution is 0.489. The number of hydrogen-bond donors (Lipinski definition) is 0. The van der Waals surface area contributed by atoms with Crippen molar-refractivity contribution in [2.24, 2.45) is 0 Å². The second-order valence-corrected chi connectivity index (χ2v) is 22.1. The van der Waals surface area contributed by atoms with Gasteiger partial charge in [-0.2, -0.15) is 0 Å². The highest BCUT2D eigenvalue weighted by Gasteiger charge is 2.26. The van der Waals surface area contributed by atoms with Crippen molar-refractivity contribution in [1.82, 2.24) is 0 Å². The molecule has 0 aliphatic heterocycles. The van der Waals surface area contributed by atoms with Gasteiger partial charge in [0.05, 0.1) is 22.4 Å². The molecule has 0 atom stereocenters. The number of benzene rings is 10. The summed E-state index contributed by atoms with van der Waals surface area (Å²) in [5.41, 5.74) is 13.8. The Kier molecular flexibility index (Phi) is 14.6. The number of furan rings is 1. The Morgan fingerprint density at radius 3 is 1.73 bits per heavy atom. The summed E-state index contributed by atoms with van der Waals surface area (Å²) in [7, 11) is 0. The van der Waals surface area contributed by atoms with Crippen LogP contribution in [0.4, 0.5) is 45.5 Å². The summed E-state index contributed by atoms with van der Waals surface area (Å²) in [4.78, 5) is 7.09. The summed E-state index contributed by atoms with van der Waals surface area (Å²) < 4.78 is 16.2. The summed E-state index contributed by atoms with van der Waals surface area (Å²) in [6.45, 7) is 12.9. The Bertz CT molecular complexity index is 4280. The molecule has 0 saturated carbocycles. The second-order valence-electron chi connectivity index (χ2n) is 21.0. The smallest absolute Gasteiger partial charge is 0.139 e. The van der Waals surface area contributed by atoms with E-state index in [4.69, 9.17) is 9.15 Å². The van der Waals surface area contributed by atoms with E-state index in [2.05, 4.69) is 273 Å². The van der Waals surface area contributed by atoms with E-state index in [9.17, 15) is 0 Å². The number of allylic oxidation sites excluding steroid dienone is 9. The van der Waals surface area contributed by atoms with E-state index in [1.54, 1.807) is 17.4 Å². The fraction of sp³-hybridized carbons (Fsp3) is 0.0667. The number of thiophene rings is 1. The highest BCUT2D eigenvalue weighted by molar-refractivity contribution is 7.26. The Morgan fingerprint density at radius 2 is 1.05 bits per heavy atom. The number of ether oxygens (including phenoxy) is 1. The molecular formula is C75H61N3O2S. The summed E-state index contributed by atoms with van der Waals surface area (Å²) >= 11 is 1.78. The van der Waals surface area contributed by atoms with Crippen molar-refractivity contribution in [1.29, 1.82) is 0 Å². The Hall–Kier alpha value is -9.88. The Morgan fingerprint density at radius 1 is 0.469 bits per heavy atom. The van der Waals surface area contributed by atoms with Gasteiger partial charge in [0.25, 0.3) is 0 Å². The first-order valence-corrected chi connectivity index (χ1v) is 28.3. The number of hydrogen-bond acceptors (Lipinski definition) is 6. The Labute approximate surface area is 478 Å². The van der Waals surface area contributed by atoms with Crippen LogP contribution in [-0.2, 0) is 5.41 Å². The van der Waals surface area contributed by atoms with Gasteiger partial charge in [-0.15, -0.1) is 11.3 Å². The zero-order chi connectivity index (χ0) is 55.3. The molecule has 10 aromatic carbocycles. The third kappa shape index (κ3) is 10.7. The fourth-order valence-corrected chi connectivity index (χ4v) is 11.9. The average Bonchev–Trinajstić information content (AvgIpc) is 4.16. The van der Waals surface area contributed by atoms with Crippen LogP contribution >= 0.6 is 11.3 Å². The molecule has 0 aliphatic rings. The normalized spacial score (nSPS) is 12.3. The molecule has 0 N–H and O–H groups in total. The van der Waals surface area contributed by atoms with Crippen LogP contribution in [0.5, 0.6) is 11.5 Å². The molecule has 6 heteroatoms. The zero-order valence-corrected chi connectivity index (χ0v) is 46.7. The molecule has 0 amide bonds. The fourth-order valence-electron chi connectivity index (χ4n) is 10.8. The third-order valence-corrected chi connectivity index (χ3v) is 15.7. The summed E-state index contributed by atoms with van der Waals surface area (Å²) in [6, 6.07) is 85.9. The number of fused-ring (bicyclic) bond motifs is 6. The molecule has 0 saturated heterocycles. The van der Waals surface area contributed by atoms with Gasteiger partial charge in [0, 0.05) is 77.4 Å². The van der Waals surface area contributed by atoms with Gasteiger partial charge in [-0.3, -0.25) is 0 Å². The molecule has 0 bridgehead atoms. The predicted octanol–water partition coefficient (Wildman–Crippen LogP) is 22.4. The van der Waals surface area contributed by atoms with Crippen molar-refractivity contribution in [2.75, 3.05) is 14.7 Å². The molecule has 0 spiro atoms. The van der Waals surface area contributed by atoms with E-state index in [1.807, 2.05) is 54.6 Å². The highest BCUT2D eigenvalue weighted by atomic mass is 32.1. The minimum Gasteiger partial charge on any atom is -0.457 e. The molecular weight excluding hydrogens is 1010 g/mol. The molecule has 12 rings (SSSR count). The van der Waals surface area contributed by atoms with Gasteiger partial charge in [0.2, 0.25) is 0 Å². The van der Waals surface area contributed by atoms with Gasteiger partial charge in [-0.1, -0.05) is 209 Å². The molecule has 12 aromatic rings. The van der Waals surface area contributed by atoms with Gasteiger partial charge in [-0.25, -0.2) is 0 Å². The lowest BCUT2D eigenvalue weighted by Crippen LogP contribution is -2.18. The second kappa shape index (κ2) is 22.8. The van der Waals surface area contributed by atoms with E-state index in [-0.39, 0.29) is 5.41 Å². The molecule has 394 valence electrons. The maximum Gasteiger partial charge on any atom is 0.139 e. The molecule has 2 aromatic heterocycles. The monoisotopic (exact) mass is 1070 g/mol. The standard InChI is InChI=1S/C75H61N3O2S/c1-6-7-8-9-10-23-39-64(54-44-46-55(47-45-54)75(3,4)5)53(2)76(61-49-67(73-65-40-24-26-42-68(65)80-69(73)50-61)78(57-31-17-12-18-32-57)58-33-19-13-20-34-58)59-35-28-36-60(48-59)77(56-29-15-11-16-30-56)62-51-70(79-63-37-21-14-22-38-63)74-66-41-25-27-43-71(66)81-72(74)52-62/h6-52H,1H2,2-5H3/b8-7+,10-9+,39-23-,64-53-. The van der Waals surface area contributed by atoms with Crippen molar-refractivity contribution >= 4 is 105 Å². The quantitative estimate of drug-likeness (QED) is 0.0901. The maximum atomic E-state index is 6.99. The molecule has 81 heavy (non-hydrogen) atoms. The van der Waals surface area contributed by atoms with E-state index in [1.165, 1.54) is 15.6 Å². The first-order valence-electron chi connectivity index (χ1n) is 27.4. The lowest BCUT2D eigenvalue weighted by atomic mass is 9.86. The van der Waals surface area contributed by atoms with Gasteiger partial charge < -0.3 is 23.9 Å². The van der Waals surface area contributed by atoms with Crippen molar-refractivity contribution in [3.05, 3.63) is 309 Å².